The van der Waals surface area contributed by atoms with Crippen LogP contribution in [-0.2, 0) is 0 Å². The molecule has 0 unspecified atom stereocenters. The van der Waals surface area contributed by atoms with Gasteiger partial charge in [0, 0.05) is 12.0 Å². The van der Waals surface area contributed by atoms with Crippen LogP contribution < -0.4 is 5.32 Å². The summed E-state index contributed by atoms with van der Waals surface area (Å²) in [4.78, 5) is 0. The van der Waals surface area contributed by atoms with Gasteiger partial charge in [0.15, 0.2) is 0 Å². The maximum Gasteiger partial charge on any atom is 0.0204 e. The first-order valence-electron chi connectivity index (χ1n) is 6.37. The van der Waals surface area contributed by atoms with Crippen molar-refractivity contribution in [2.45, 2.75) is 25.3 Å². The minimum Gasteiger partial charge on any atom is -0.313 e. The van der Waals surface area contributed by atoms with Crippen LogP contribution in [0, 0.1) is 11.8 Å². The van der Waals surface area contributed by atoms with E-state index in [-0.39, 0.29) is 0 Å². The summed E-state index contributed by atoms with van der Waals surface area (Å²) < 4.78 is 0. The molecule has 16 heavy (non-hydrogen) atoms. The second kappa shape index (κ2) is 4.06. The summed E-state index contributed by atoms with van der Waals surface area (Å²) in [5.41, 5.74) is 1.50. The van der Waals surface area contributed by atoms with Crippen LogP contribution in [0.25, 0.3) is 0 Å². The molecule has 1 N–H and O–H groups in total. The number of hydrogen-bond acceptors (Lipinski definition) is 1. The van der Waals surface area contributed by atoms with Crippen molar-refractivity contribution in [2.75, 3.05) is 6.54 Å². The van der Waals surface area contributed by atoms with E-state index in [2.05, 4.69) is 54.7 Å². The molecule has 0 aromatic heterocycles. The summed E-state index contributed by atoms with van der Waals surface area (Å²) in [7, 11) is 0. The van der Waals surface area contributed by atoms with E-state index in [9.17, 15) is 0 Å². The zero-order chi connectivity index (χ0) is 11.0. The van der Waals surface area contributed by atoms with E-state index in [4.69, 9.17) is 0 Å². The Labute approximate surface area is 97.6 Å². The zero-order valence-electron chi connectivity index (χ0n) is 9.77. The number of benzene rings is 1. The lowest BCUT2D eigenvalue weighted by Gasteiger charge is -2.29. The predicted molar refractivity (Wildman–Crippen MR) is 67.4 cm³/mol. The van der Waals surface area contributed by atoms with Crippen LogP contribution in [0.3, 0.4) is 0 Å². The van der Waals surface area contributed by atoms with Crippen LogP contribution in [-0.4, -0.2) is 12.6 Å². The van der Waals surface area contributed by atoms with E-state index in [1.807, 2.05) is 0 Å². The second-order valence-corrected chi connectivity index (χ2v) is 4.97. The average molecular weight is 213 g/mol. The minimum atomic E-state index is 0.655. The van der Waals surface area contributed by atoms with Crippen LogP contribution in [0.5, 0.6) is 0 Å². The lowest BCUT2D eigenvalue weighted by molar-refractivity contribution is 0.416. The van der Waals surface area contributed by atoms with E-state index < -0.39 is 0 Å². The largest absolute Gasteiger partial charge is 0.313 e. The van der Waals surface area contributed by atoms with Gasteiger partial charge in [-0.05, 0) is 30.4 Å². The first-order valence-corrected chi connectivity index (χ1v) is 6.37. The number of likely N-dealkylation sites (N-methyl/N-ethyl adjacent to an activating group) is 1. The topological polar surface area (TPSA) is 12.0 Å². The second-order valence-electron chi connectivity index (χ2n) is 4.97. The third kappa shape index (κ3) is 1.51. The van der Waals surface area contributed by atoms with Gasteiger partial charge in [-0.1, -0.05) is 49.4 Å². The van der Waals surface area contributed by atoms with Gasteiger partial charge in [-0.25, -0.2) is 0 Å². The van der Waals surface area contributed by atoms with Crippen LogP contribution in [0.4, 0.5) is 0 Å². The van der Waals surface area contributed by atoms with Gasteiger partial charge in [0.1, 0.15) is 0 Å². The summed E-state index contributed by atoms with van der Waals surface area (Å²) in [6.07, 6.45) is 6.19. The molecular formula is C15H19N. The van der Waals surface area contributed by atoms with Gasteiger partial charge in [-0.2, -0.15) is 0 Å². The Bertz CT molecular complexity index is 382. The molecular weight excluding hydrogens is 194 g/mol. The average Bonchev–Trinajstić information content (AvgIpc) is 2.91. The summed E-state index contributed by atoms with van der Waals surface area (Å²) >= 11 is 0. The summed E-state index contributed by atoms with van der Waals surface area (Å²) in [6.45, 7) is 3.28. The lowest BCUT2D eigenvalue weighted by Crippen LogP contribution is -2.37. The Morgan fingerprint density at radius 1 is 1.12 bits per heavy atom. The Morgan fingerprint density at radius 3 is 2.62 bits per heavy atom. The first-order chi connectivity index (χ1) is 7.90. The highest BCUT2D eigenvalue weighted by Gasteiger charge is 2.44. The molecule has 1 aromatic rings. The lowest BCUT2D eigenvalue weighted by atomic mass is 9.83. The molecule has 0 heterocycles. The van der Waals surface area contributed by atoms with E-state index >= 15 is 0 Å². The van der Waals surface area contributed by atoms with Crippen molar-refractivity contribution in [3.63, 3.8) is 0 Å². The summed E-state index contributed by atoms with van der Waals surface area (Å²) in [5, 5.41) is 3.67. The standard InChI is InChI=1S/C15H19N/c1-2-16-15-13-9-8-12(10-13)14(15)11-6-4-3-5-7-11/h3-9,12-16H,2,10H2,1H3/t12-,13+,14+,15+/m1/s1. The summed E-state index contributed by atoms with van der Waals surface area (Å²) in [5.74, 6) is 2.21. The molecule has 84 valence electrons. The Kier molecular flexibility index (Phi) is 2.56. The molecule has 0 saturated heterocycles. The molecule has 0 spiro atoms. The third-order valence-corrected chi connectivity index (χ3v) is 4.08. The molecule has 2 bridgehead atoms. The van der Waals surface area contributed by atoms with Gasteiger partial charge in [-0.15, -0.1) is 0 Å². The molecule has 0 aliphatic heterocycles. The van der Waals surface area contributed by atoms with Crippen molar-refractivity contribution < 1.29 is 0 Å². The predicted octanol–water partition coefficient (Wildman–Crippen LogP) is 2.95. The van der Waals surface area contributed by atoms with Crippen LogP contribution in [0.2, 0.25) is 0 Å². The van der Waals surface area contributed by atoms with Crippen molar-refractivity contribution in [1.29, 1.82) is 0 Å². The Balaban J connectivity index is 1.91. The maximum absolute atomic E-state index is 3.67. The van der Waals surface area contributed by atoms with Crippen molar-refractivity contribution in [3.8, 4) is 0 Å². The van der Waals surface area contributed by atoms with Crippen LogP contribution in [0.15, 0.2) is 42.5 Å². The smallest absolute Gasteiger partial charge is 0.0204 e. The highest BCUT2D eigenvalue weighted by atomic mass is 14.9. The SMILES string of the molecule is CCN[C@@H]1[C@@H](c2ccccc2)[C@@H]2C=C[C@H]1C2. The van der Waals surface area contributed by atoms with Crippen molar-refractivity contribution >= 4 is 0 Å². The first kappa shape index (κ1) is 10.1. The molecule has 0 radical (unpaired) electrons. The van der Waals surface area contributed by atoms with Crippen molar-refractivity contribution in [1.82, 2.24) is 5.32 Å². The molecule has 3 rings (SSSR count). The van der Waals surface area contributed by atoms with Crippen molar-refractivity contribution in [2.24, 2.45) is 11.8 Å². The van der Waals surface area contributed by atoms with E-state index in [0.717, 1.165) is 18.4 Å². The normalized spacial score (nSPS) is 35.8. The number of rotatable bonds is 3. The summed E-state index contributed by atoms with van der Waals surface area (Å²) in [6, 6.07) is 11.6. The van der Waals surface area contributed by atoms with Gasteiger partial charge in [0.05, 0.1) is 0 Å². The van der Waals surface area contributed by atoms with Gasteiger partial charge in [0.25, 0.3) is 0 Å². The number of fused-ring (bicyclic) bond motifs is 2. The van der Waals surface area contributed by atoms with Gasteiger partial charge < -0.3 is 5.32 Å². The van der Waals surface area contributed by atoms with E-state index in [0.29, 0.717) is 12.0 Å². The highest BCUT2D eigenvalue weighted by molar-refractivity contribution is 5.31. The maximum atomic E-state index is 3.67. The fourth-order valence-corrected chi connectivity index (χ4v) is 3.47. The minimum absolute atomic E-state index is 0.655. The molecule has 1 aromatic carbocycles. The molecule has 2 aliphatic rings. The van der Waals surface area contributed by atoms with Gasteiger partial charge >= 0.3 is 0 Å². The number of hydrogen-bond donors (Lipinski definition) is 1. The zero-order valence-corrected chi connectivity index (χ0v) is 9.77. The molecule has 2 aliphatic carbocycles. The van der Waals surface area contributed by atoms with E-state index in [1.165, 1.54) is 12.0 Å². The molecule has 1 fully saturated rings. The fraction of sp³-hybridized carbons (Fsp3) is 0.467. The molecule has 0 amide bonds. The number of nitrogens with one attached hydrogen (secondary N) is 1. The highest BCUT2D eigenvalue weighted by Crippen LogP contribution is 2.48. The van der Waals surface area contributed by atoms with Gasteiger partial charge in [0.2, 0.25) is 0 Å². The van der Waals surface area contributed by atoms with Crippen molar-refractivity contribution in [3.05, 3.63) is 48.0 Å². The third-order valence-electron chi connectivity index (χ3n) is 4.08. The molecule has 1 saturated carbocycles. The molecule has 4 atom stereocenters. The van der Waals surface area contributed by atoms with Crippen LogP contribution in [0.1, 0.15) is 24.8 Å². The number of allylic oxidation sites excluding steroid dienone is 1. The quantitative estimate of drug-likeness (QED) is 0.761. The Morgan fingerprint density at radius 2 is 1.88 bits per heavy atom. The monoisotopic (exact) mass is 213 g/mol. The van der Waals surface area contributed by atoms with E-state index in [1.54, 1.807) is 0 Å². The molecule has 1 nitrogen and oxygen atoms in total. The van der Waals surface area contributed by atoms with Gasteiger partial charge in [-0.3, -0.25) is 0 Å². The fourth-order valence-electron chi connectivity index (χ4n) is 3.47. The van der Waals surface area contributed by atoms with Crippen LogP contribution >= 0.6 is 0 Å². The molecule has 1 heteroatoms. The Hall–Kier alpha value is -1.08.